The number of azide groups is 1. The Balaban J connectivity index is 0.00000361. The molecule has 1 rings (SSSR count). The Morgan fingerprint density at radius 1 is 1.30 bits per heavy atom. The van der Waals surface area contributed by atoms with Crippen molar-refractivity contribution in [3.8, 4) is 0 Å². The fourth-order valence-electron chi connectivity index (χ4n) is 1.59. The third kappa shape index (κ3) is 4.03. The number of ether oxygens (including phenoxy) is 2. The first kappa shape index (κ1) is 18.6. The third-order valence-electron chi connectivity index (χ3n) is 2.51. The number of methoxy groups -OCH3 is 2. The maximum Gasteiger partial charge on any atom is 3.00 e. The van der Waals surface area contributed by atoms with Gasteiger partial charge >= 0.3 is 44.6 Å². The van der Waals surface area contributed by atoms with Gasteiger partial charge in [-0.1, -0.05) is 5.11 Å². The molecule has 0 atom stereocenters. The van der Waals surface area contributed by atoms with Crippen molar-refractivity contribution in [2.45, 2.75) is 12.0 Å². The van der Waals surface area contributed by atoms with Gasteiger partial charge in [-0.05, 0) is 12.0 Å². The van der Waals surface area contributed by atoms with Gasteiger partial charge in [0.1, 0.15) is 0 Å². The Kier molecular flexibility index (Phi) is 8.07. The molecule has 100 valence electrons. The molecule has 0 radical (unpaired) electrons. The molecule has 0 bridgehead atoms. The third-order valence-corrected chi connectivity index (χ3v) is 2.51. The number of carbonyl (C=O) groups excluding carboxylic acids is 2. The van der Waals surface area contributed by atoms with Crippen LogP contribution in [0.15, 0.2) is 29.4 Å². The van der Waals surface area contributed by atoms with E-state index in [-0.39, 0.29) is 39.1 Å². The van der Waals surface area contributed by atoms with E-state index in [4.69, 9.17) is 5.53 Å². The molecule has 0 N–H and O–H groups in total. The fraction of sp³-hybridized carbons (Fsp3) is 0.333. The van der Waals surface area contributed by atoms with Gasteiger partial charge < -0.3 is 9.47 Å². The van der Waals surface area contributed by atoms with E-state index < -0.39 is 17.5 Å². The normalized spacial score (nSPS) is 9.70. The molecular formula is C12H12N3O4Y+2. The molecule has 1 aromatic carbocycles. The summed E-state index contributed by atoms with van der Waals surface area (Å²) in [6.45, 7) is 0. The average Bonchev–Trinajstić information content (AvgIpc) is 2.46. The summed E-state index contributed by atoms with van der Waals surface area (Å²) in [6.07, 6.45) is -0.148. The van der Waals surface area contributed by atoms with Crippen molar-refractivity contribution in [3.05, 3.63) is 46.3 Å². The van der Waals surface area contributed by atoms with Crippen molar-refractivity contribution in [1.82, 2.24) is 0 Å². The predicted molar refractivity (Wildman–Crippen MR) is 64.9 cm³/mol. The molecule has 8 heteroatoms. The Morgan fingerprint density at radius 2 is 1.80 bits per heavy atom. The van der Waals surface area contributed by atoms with Gasteiger partial charge in [0.25, 0.3) is 0 Å². The molecule has 0 spiro atoms. The van der Waals surface area contributed by atoms with Crippen molar-refractivity contribution in [2.75, 3.05) is 14.2 Å². The van der Waals surface area contributed by atoms with Crippen molar-refractivity contribution >= 4 is 11.9 Å². The standard InChI is InChI=1S/C12H12N3O4.Y/c1-18-10(16)12(14-15-13,11(17)19-2)8-9-6-4-3-5-7-9;/h4-7H,8H2,1-2H3;/q-1;+3. The van der Waals surface area contributed by atoms with Crippen molar-refractivity contribution in [2.24, 2.45) is 5.11 Å². The molecule has 0 fully saturated rings. The quantitative estimate of drug-likeness (QED) is 0.200. The van der Waals surface area contributed by atoms with Crippen LogP contribution in [0.1, 0.15) is 5.56 Å². The maximum absolute atomic E-state index is 11.8. The van der Waals surface area contributed by atoms with E-state index in [0.29, 0.717) is 5.56 Å². The number of esters is 2. The van der Waals surface area contributed by atoms with Gasteiger partial charge in [0.2, 0.25) is 5.54 Å². The van der Waals surface area contributed by atoms with E-state index in [1.165, 1.54) is 0 Å². The van der Waals surface area contributed by atoms with Crippen LogP contribution in [0.3, 0.4) is 0 Å². The zero-order chi connectivity index (χ0) is 14.3. The van der Waals surface area contributed by atoms with Crippen LogP contribution >= 0.6 is 0 Å². The number of hydrogen-bond acceptors (Lipinski definition) is 5. The van der Waals surface area contributed by atoms with Crippen LogP contribution < -0.4 is 0 Å². The topological polar surface area (TPSA) is 101 Å². The largest absolute Gasteiger partial charge is 3.00 e. The summed E-state index contributed by atoms with van der Waals surface area (Å²) < 4.78 is 9.10. The summed E-state index contributed by atoms with van der Waals surface area (Å²) in [5, 5.41) is 3.31. The number of carbonyl (C=O) groups is 2. The smallest absolute Gasteiger partial charge is 0.468 e. The minimum Gasteiger partial charge on any atom is -0.468 e. The number of hydrogen-bond donors (Lipinski definition) is 0. The summed E-state index contributed by atoms with van der Waals surface area (Å²) in [5.74, 6) is -1.94. The molecule has 0 saturated heterocycles. The molecule has 20 heavy (non-hydrogen) atoms. The van der Waals surface area contributed by atoms with Gasteiger partial charge in [-0.2, -0.15) is 35.9 Å². The van der Waals surface area contributed by atoms with E-state index in [1.807, 2.05) is 0 Å². The molecule has 0 aliphatic carbocycles. The van der Waals surface area contributed by atoms with Crippen LogP contribution in [0.2, 0.25) is 0 Å². The maximum atomic E-state index is 11.8. The van der Waals surface area contributed by atoms with Gasteiger partial charge in [-0.3, -0.25) is 9.59 Å². The summed E-state index contributed by atoms with van der Waals surface area (Å²) in [5.41, 5.74) is 7.16. The zero-order valence-electron chi connectivity index (χ0n) is 11.1. The first-order valence-corrected chi connectivity index (χ1v) is 5.29. The SMILES string of the molecule is COC(=O)C(Cc1cc[c-]cc1)(N=[N+]=[N-])C(=O)OC.[Y+3]. The van der Waals surface area contributed by atoms with Crippen LogP contribution in [0.25, 0.3) is 10.4 Å². The van der Waals surface area contributed by atoms with Crippen LogP contribution in [0.4, 0.5) is 0 Å². The summed E-state index contributed by atoms with van der Waals surface area (Å²) >= 11 is 0. The summed E-state index contributed by atoms with van der Waals surface area (Å²) in [6, 6.07) is 9.33. The molecule has 0 unspecified atom stereocenters. The van der Waals surface area contributed by atoms with E-state index in [9.17, 15) is 9.59 Å². The molecule has 0 saturated carbocycles. The zero-order valence-corrected chi connectivity index (χ0v) is 13.9. The molecule has 1 aromatic rings. The Labute approximate surface area is 141 Å². The van der Waals surface area contributed by atoms with Gasteiger partial charge in [-0.25, -0.2) is 0 Å². The molecule has 0 aliphatic heterocycles. The molecular weight excluding hydrogens is 339 g/mol. The Bertz CT molecular complexity index is 499. The van der Waals surface area contributed by atoms with Crippen LogP contribution in [-0.4, -0.2) is 31.7 Å². The number of benzene rings is 1. The molecule has 7 nitrogen and oxygen atoms in total. The molecule has 0 heterocycles. The fourth-order valence-corrected chi connectivity index (χ4v) is 1.59. The van der Waals surface area contributed by atoms with E-state index >= 15 is 0 Å². The van der Waals surface area contributed by atoms with Crippen LogP contribution in [-0.2, 0) is 58.2 Å². The summed E-state index contributed by atoms with van der Waals surface area (Å²) in [7, 11) is 2.21. The minimum absolute atomic E-state index is 0. The van der Waals surface area contributed by atoms with Gasteiger partial charge in [0.05, 0.1) is 14.2 Å². The van der Waals surface area contributed by atoms with E-state index in [0.717, 1.165) is 14.2 Å². The number of rotatable bonds is 5. The van der Waals surface area contributed by atoms with Crippen molar-refractivity contribution < 1.29 is 51.8 Å². The van der Waals surface area contributed by atoms with Crippen molar-refractivity contribution in [1.29, 1.82) is 0 Å². The Morgan fingerprint density at radius 3 is 2.20 bits per heavy atom. The summed E-state index contributed by atoms with van der Waals surface area (Å²) in [4.78, 5) is 26.2. The first-order chi connectivity index (χ1) is 9.10. The Hall–Kier alpha value is -1.43. The van der Waals surface area contributed by atoms with Gasteiger partial charge in [-0.15, -0.1) is 0 Å². The second-order valence-corrected chi connectivity index (χ2v) is 3.62. The van der Waals surface area contributed by atoms with Crippen LogP contribution in [0.5, 0.6) is 0 Å². The first-order valence-electron chi connectivity index (χ1n) is 5.29. The average molecular weight is 351 g/mol. The molecule has 0 aliphatic rings. The monoisotopic (exact) mass is 351 g/mol. The molecule has 0 aromatic heterocycles. The second kappa shape index (κ2) is 8.69. The van der Waals surface area contributed by atoms with E-state index in [1.54, 1.807) is 24.3 Å². The van der Waals surface area contributed by atoms with E-state index in [2.05, 4.69) is 25.6 Å². The van der Waals surface area contributed by atoms with Gasteiger partial charge in [0, 0.05) is 4.91 Å². The van der Waals surface area contributed by atoms with Crippen molar-refractivity contribution in [3.63, 3.8) is 0 Å². The molecule has 0 amide bonds. The number of nitrogens with zero attached hydrogens (tertiary/aromatic N) is 3. The van der Waals surface area contributed by atoms with Gasteiger partial charge in [0.15, 0.2) is 0 Å². The predicted octanol–water partition coefficient (Wildman–Crippen LogP) is 1.42. The second-order valence-electron chi connectivity index (χ2n) is 3.62. The van der Waals surface area contributed by atoms with Crippen LogP contribution in [0, 0.1) is 6.07 Å². The minimum atomic E-state index is -2.06.